The van der Waals surface area contributed by atoms with E-state index >= 15 is 0 Å². The van der Waals surface area contributed by atoms with Crippen LogP contribution in [0.2, 0.25) is 0 Å². The van der Waals surface area contributed by atoms with Crippen molar-refractivity contribution in [2.75, 3.05) is 26.2 Å². The summed E-state index contributed by atoms with van der Waals surface area (Å²) in [7, 11) is 0. The zero-order valence-electron chi connectivity index (χ0n) is 20.5. The van der Waals surface area contributed by atoms with E-state index in [9.17, 15) is 37.1 Å². The maximum Gasteiger partial charge on any atom is 0.410 e. The number of ether oxygens (including phenoxy) is 1. The first-order valence-corrected chi connectivity index (χ1v) is 11.7. The summed E-state index contributed by atoms with van der Waals surface area (Å²) in [5.74, 6) is -5.67. The third-order valence-corrected chi connectivity index (χ3v) is 6.63. The number of benzene rings is 1. The number of imide groups is 1. The standard InChI is InChI=1S/C24H26F3N3O7/c1-22(2,3)36-21(35)28-10-8-23(9-11-28,19(33)29-12-14(13-29)24(25,26)27)20(34)37-30-17(31)15-6-4-5-7-16(15)18(30)32/h4-7,14H,8-13H2,1-3H3. The molecule has 0 aromatic heterocycles. The molecule has 37 heavy (non-hydrogen) atoms. The number of hydroxylamine groups is 2. The number of fused-ring (bicyclic) bond motifs is 1. The molecule has 0 spiro atoms. The van der Waals surface area contributed by atoms with Gasteiger partial charge in [0.15, 0.2) is 5.41 Å². The molecule has 3 heterocycles. The molecule has 200 valence electrons. The second-order valence-corrected chi connectivity index (χ2v) is 10.3. The Morgan fingerprint density at radius 3 is 1.89 bits per heavy atom. The van der Waals surface area contributed by atoms with Gasteiger partial charge < -0.3 is 19.4 Å². The van der Waals surface area contributed by atoms with E-state index in [1.807, 2.05) is 0 Å². The molecule has 0 unspecified atom stereocenters. The van der Waals surface area contributed by atoms with Crippen LogP contribution in [0.25, 0.3) is 0 Å². The summed E-state index contributed by atoms with van der Waals surface area (Å²) in [5.41, 5.74) is -2.77. The van der Waals surface area contributed by atoms with E-state index in [4.69, 9.17) is 9.57 Å². The molecule has 2 fully saturated rings. The molecule has 3 aliphatic rings. The van der Waals surface area contributed by atoms with E-state index in [0.29, 0.717) is 0 Å². The number of carbonyl (C=O) groups is 5. The lowest BCUT2D eigenvalue weighted by molar-refractivity contribution is -0.216. The van der Waals surface area contributed by atoms with E-state index in [1.165, 1.54) is 29.2 Å². The first-order valence-electron chi connectivity index (χ1n) is 11.7. The first-order chi connectivity index (χ1) is 17.1. The van der Waals surface area contributed by atoms with Crippen LogP contribution in [0, 0.1) is 11.3 Å². The average Bonchev–Trinajstić information content (AvgIpc) is 3.01. The summed E-state index contributed by atoms with van der Waals surface area (Å²) in [6.45, 7) is 3.50. The highest BCUT2D eigenvalue weighted by molar-refractivity contribution is 6.21. The molecule has 1 aromatic rings. The summed E-state index contributed by atoms with van der Waals surface area (Å²) in [6, 6.07) is 5.79. The fourth-order valence-electron chi connectivity index (χ4n) is 4.48. The maximum absolute atomic E-state index is 13.4. The number of amides is 4. The van der Waals surface area contributed by atoms with Gasteiger partial charge in [0.05, 0.1) is 17.0 Å². The number of piperidine rings is 1. The fourth-order valence-corrected chi connectivity index (χ4v) is 4.48. The fraction of sp³-hybridized carbons (Fsp3) is 0.542. The first kappa shape index (κ1) is 26.4. The Kier molecular flexibility index (Phi) is 6.45. The number of likely N-dealkylation sites (tertiary alicyclic amines) is 2. The zero-order valence-corrected chi connectivity index (χ0v) is 20.5. The Balaban J connectivity index is 1.54. The number of hydrogen-bond donors (Lipinski definition) is 0. The maximum atomic E-state index is 13.4. The van der Waals surface area contributed by atoms with Gasteiger partial charge in [0.25, 0.3) is 11.8 Å². The number of rotatable bonds is 3. The van der Waals surface area contributed by atoms with Crippen LogP contribution in [-0.2, 0) is 19.2 Å². The lowest BCUT2D eigenvalue weighted by Crippen LogP contribution is -2.63. The Morgan fingerprint density at radius 1 is 0.919 bits per heavy atom. The van der Waals surface area contributed by atoms with Crippen molar-refractivity contribution >= 4 is 29.8 Å². The minimum Gasteiger partial charge on any atom is -0.444 e. The second kappa shape index (κ2) is 9.03. The summed E-state index contributed by atoms with van der Waals surface area (Å²) in [6.07, 6.45) is -5.76. The van der Waals surface area contributed by atoms with Crippen LogP contribution in [0.3, 0.4) is 0 Å². The van der Waals surface area contributed by atoms with Gasteiger partial charge in [0.1, 0.15) is 5.60 Å². The van der Waals surface area contributed by atoms with Crippen molar-refractivity contribution in [3.05, 3.63) is 35.4 Å². The van der Waals surface area contributed by atoms with Crippen molar-refractivity contribution in [3.63, 3.8) is 0 Å². The summed E-state index contributed by atoms with van der Waals surface area (Å²) < 4.78 is 44.4. The average molecular weight is 525 g/mol. The molecule has 2 saturated heterocycles. The monoisotopic (exact) mass is 525 g/mol. The van der Waals surface area contributed by atoms with Crippen molar-refractivity contribution in [2.45, 2.75) is 45.4 Å². The van der Waals surface area contributed by atoms with E-state index < -0.39 is 66.0 Å². The Hall–Kier alpha value is -3.64. The quantitative estimate of drug-likeness (QED) is 0.441. The highest BCUT2D eigenvalue weighted by atomic mass is 19.4. The summed E-state index contributed by atoms with van der Waals surface area (Å²) in [5, 5.41) is 0.261. The van der Waals surface area contributed by atoms with E-state index in [-0.39, 0.29) is 42.1 Å². The van der Waals surface area contributed by atoms with Crippen LogP contribution in [0.5, 0.6) is 0 Å². The van der Waals surface area contributed by atoms with Crippen LogP contribution in [0.4, 0.5) is 18.0 Å². The van der Waals surface area contributed by atoms with E-state index in [0.717, 1.165) is 4.90 Å². The molecule has 1 aromatic carbocycles. The summed E-state index contributed by atoms with van der Waals surface area (Å²) >= 11 is 0. The van der Waals surface area contributed by atoms with Gasteiger partial charge in [-0.2, -0.15) is 13.2 Å². The van der Waals surface area contributed by atoms with Gasteiger partial charge in [-0.3, -0.25) is 14.4 Å². The number of halogens is 3. The number of nitrogens with zero attached hydrogens (tertiary/aromatic N) is 3. The zero-order chi connectivity index (χ0) is 27.3. The highest BCUT2D eigenvalue weighted by Crippen LogP contribution is 2.41. The van der Waals surface area contributed by atoms with Gasteiger partial charge in [0, 0.05) is 26.2 Å². The van der Waals surface area contributed by atoms with Crippen LogP contribution in [0.15, 0.2) is 24.3 Å². The number of alkyl halides is 3. The smallest absolute Gasteiger partial charge is 0.410 e. The third kappa shape index (κ3) is 4.86. The topological polar surface area (TPSA) is 114 Å². The highest BCUT2D eigenvalue weighted by Gasteiger charge is 2.58. The molecule has 4 amide bonds. The number of carbonyl (C=O) groups excluding carboxylic acids is 5. The third-order valence-electron chi connectivity index (χ3n) is 6.63. The van der Waals surface area contributed by atoms with Crippen LogP contribution in [-0.4, -0.2) is 82.6 Å². The number of hydrogen-bond acceptors (Lipinski definition) is 7. The van der Waals surface area contributed by atoms with Gasteiger partial charge in [0.2, 0.25) is 5.91 Å². The van der Waals surface area contributed by atoms with Crippen LogP contribution in [0.1, 0.15) is 54.3 Å². The molecule has 3 aliphatic heterocycles. The van der Waals surface area contributed by atoms with Gasteiger partial charge in [-0.05, 0) is 45.7 Å². The van der Waals surface area contributed by atoms with Gasteiger partial charge in [-0.15, -0.1) is 0 Å². The Bertz CT molecular complexity index is 1110. The van der Waals surface area contributed by atoms with Crippen molar-refractivity contribution in [3.8, 4) is 0 Å². The van der Waals surface area contributed by atoms with E-state index in [1.54, 1.807) is 20.8 Å². The van der Waals surface area contributed by atoms with Gasteiger partial charge in [-0.1, -0.05) is 17.2 Å². The van der Waals surface area contributed by atoms with Crippen LogP contribution >= 0.6 is 0 Å². The van der Waals surface area contributed by atoms with Gasteiger partial charge >= 0.3 is 18.2 Å². The molecule has 4 rings (SSSR count). The molecular formula is C24H26F3N3O7. The lowest BCUT2D eigenvalue weighted by atomic mass is 9.76. The molecule has 0 atom stereocenters. The van der Waals surface area contributed by atoms with E-state index in [2.05, 4.69) is 0 Å². The molecule has 0 aliphatic carbocycles. The molecule has 10 nitrogen and oxygen atoms in total. The van der Waals surface area contributed by atoms with Crippen molar-refractivity contribution in [2.24, 2.45) is 11.3 Å². The molecule has 13 heteroatoms. The second-order valence-electron chi connectivity index (χ2n) is 10.3. The Morgan fingerprint density at radius 2 is 1.43 bits per heavy atom. The molecule has 0 radical (unpaired) electrons. The SMILES string of the molecule is CC(C)(C)OC(=O)N1CCC(C(=O)ON2C(=O)c3ccccc3C2=O)(C(=O)N2CC(C(F)(F)F)C2)CC1. The lowest BCUT2D eigenvalue weighted by Gasteiger charge is -2.46. The predicted octanol–water partition coefficient (Wildman–Crippen LogP) is 2.78. The summed E-state index contributed by atoms with van der Waals surface area (Å²) in [4.78, 5) is 72.0. The minimum atomic E-state index is -4.50. The van der Waals surface area contributed by atoms with Crippen molar-refractivity contribution in [1.29, 1.82) is 0 Å². The van der Waals surface area contributed by atoms with Crippen molar-refractivity contribution in [1.82, 2.24) is 14.9 Å². The predicted molar refractivity (Wildman–Crippen MR) is 119 cm³/mol. The molecule has 0 N–H and O–H groups in total. The normalized spacial score (nSPS) is 19.9. The molecule has 0 saturated carbocycles. The van der Waals surface area contributed by atoms with Crippen LogP contribution < -0.4 is 0 Å². The van der Waals surface area contributed by atoms with Gasteiger partial charge in [-0.25, -0.2) is 9.59 Å². The Labute approximate surface area is 210 Å². The largest absolute Gasteiger partial charge is 0.444 e. The minimum absolute atomic E-state index is 0.0104. The molecule has 0 bridgehead atoms. The van der Waals surface area contributed by atoms with Crippen molar-refractivity contribution < 1.29 is 46.7 Å². The molecular weight excluding hydrogens is 499 g/mol.